The van der Waals surface area contributed by atoms with E-state index in [1.807, 2.05) is 12.1 Å². The molecule has 2 heterocycles. The van der Waals surface area contributed by atoms with Gasteiger partial charge in [-0.25, -0.2) is 4.79 Å². The molecule has 5 nitrogen and oxygen atoms in total. The number of rotatable bonds is 5. The molecule has 126 valence electrons. The van der Waals surface area contributed by atoms with Gasteiger partial charge in [0.15, 0.2) is 0 Å². The lowest BCUT2D eigenvalue weighted by atomic mass is 9.99. The summed E-state index contributed by atoms with van der Waals surface area (Å²) in [6.45, 7) is 3.21. The summed E-state index contributed by atoms with van der Waals surface area (Å²) in [5.41, 5.74) is 0. The number of nitrogens with one attached hydrogen (secondary N) is 2. The Kier molecular flexibility index (Phi) is 5.62. The second-order valence-electron chi connectivity index (χ2n) is 6.20. The minimum atomic E-state index is -0.0953. The van der Waals surface area contributed by atoms with E-state index in [9.17, 15) is 4.79 Å². The molecule has 1 aromatic carbocycles. The van der Waals surface area contributed by atoms with Gasteiger partial charge in [-0.2, -0.15) is 0 Å². The fourth-order valence-electron chi connectivity index (χ4n) is 3.50. The van der Waals surface area contributed by atoms with E-state index in [4.69, 9.17) is 16.3 Å². The zero-order valence-electron chi connectivity index (χ0n) is 13.3. The van der Waals surface area contributed by atoms with Gasteiger partial charge in [0, 0.05) is 23.7 Å². The van der Waals surface area contributed by atoms with Crippen molar-refractivity contribution in [3.63, 3.8) is 0 Å². The number of urea groups is 1. The average molecular weight is 338 g/mol. The van der Waals surface area contributed by atoms with Gasteiger partial charge in [0.2, 0.25) is 0 Å². The number of nitrogens with zero attached hydrogens (tertiary/aromatic N) is 1. The second kappa shape index (κ2) is 7.88. The molecule has 2 amide bonds. The Morgan fingerprint density at radius 2 is 2.04 bits per heavy atom. The zero-order valence-corrected chi connectivity index (χ0v) is 14.0. The minimum Gasteiger partial charge on any atom is -0.492 e. The number of carbonyl (C=O) groups is 1. The highest BCUT2D eigenvalue weighted by Crippen LogP contribution is 2.26. The van der Waals surface area contributed by atoms with Crippen molar-refractivity contribution in [1.29, 1.82) is 0 Å². The Bertz CT molecular complexity index is 523. The summed E-state index contributed by atoms with van der Waals surface area (Å²) >= 11 is 5.82. The van der Waals surface area contributed by atoms with Crippen LogP contribution >= 0.6 is 11.6 Å². The van der Waals surface area contributed by atoms with Crippen molar-refractivity contribution in [1.82, 2.24) is 15.5 Å². The van der Waals surface area contributed by atoms with Gasteiger partial charge in [0.1, 0.15) is 12.4 Å². The number of hydrogen-bond acceptors (Lipinski definition) is 3. The highest BCUT2D eigenvalue weighted by Gasteiger charge is 2.36. The third kappa shape index (κ3) is 4.52. The van der Waals surface area contributed by atoms with Gasteiger partial charge >= 0.3 is 6.03 Å². The van der Waals surface area contributed by atoms with Crippen molar-refractivity contribution >= 4 is 17.6 Å². The normalized spacial score (nSPS) is 24.0. The Morgan fingerprint density at radius 3 is 2.87 bits per heavy atom. The van der Waals surface area contributed by atoms with Crippen LogP contribution in [0, 0.1) is 0 Å². The Hall–Kier alpha value is -1.46. The van der Waals surface area contributed by atoms with E-state index >= 15 is 0 Å². The Balaban J connectivity index is 1.34. The molecule has 2 saturated heterocycles. The van der Waals surface area contributed by atoms with Crippen LogP contribution in [0.3, 0.4) is 0 Å². The summed E-state index contributed by atoms with van der Waals surface area (Å²) in [5.74, 6) is 0.755. The van der Waals surface area contributed by atoms with Crippen molar-refractivity contribution in [3.05, 3.63) is 29.3 Å². The SMILES string of the molecule is O=C(NCCOc1ccc(Cl)cc1)NC1CCN2CCCCC12. The maximum atomic E-state index is 12.0. The van der Waals surface area contributed by atoms with Crippen molar-refractivity contribution in [3.8, 4) is 5.75 Å². The molecular formula is C17H24ClN3O2. The topological polar surface area (TPSA) is 53.6 Å². The quantitative estimate of drug-likeness (QED) is 0.812. The molecule has 23 heavy (non-hydrogen) atoms. The van der Waals surface area contributed by atoms with Crippen LogP contribution < -0.4 is 15.4 Å². The molecule has 0 bridgehead atoms. The fourth-order valence-corrected chi connectivity index (χ4v) is 3.63. The first-order chi connectivity index (χ1) is 11.2. The van der Waals surface area contributed by atoms with E-state index in [0.29, 0.717) is 24.2 Å². The van der Waals surface area contributed by atoms with Crippen molar-refractivity contribution in [2.24, 2.45) is 0 Å². The summed E-state index contributed by atoms with van der Waals surface area (Å²) < 4.78 is 5.56. The summed E-state index contributed by atoms with van der Waals surface area (Å²) in [4.78, 5) is 14.5. The van der Waals surface area contributed by atoms with E-state index < -0.39 is 0 Å². The molecule has 2 aliphatic heterocycles. The molecule has 2 unspecified atom stereocenters. The van der Waals surface area contributed by atoms with E-state index in [1.165, 1.54) is 25.8 Å². The van der Waals surface area contributed by atoms with Crippen LogP contribution in [0.1, 0.15) is 25.7 Å². The summed E-state index contributed by atoms with van der Waals surface area (Å²) in [5, 5.41) is 6.67. The lowest BCUT2D eigenvalue weighted by Crippen LogP contribution is -2.50. The number of halogens is 1. The smallest absolute Gasteiger partial charge is 0.315 e. The summed E-state index contributed by atoms with van der Waals surface area (Å²) in [6, 6.07) is 7.92. The number of piperidine rings is 1. The van der Waals surface area contributed by atoms with Gasteiger partial charge < -0.3 is 15.4 Å². The second-order valence-corrected chi connectivity index (χ2v) is 6.63. The number of fused-ring (bicyclic) bond motifs is 1. The molecule has 0 aromatic heterocycles. The largest absolute Gasteiger partial charge is 0.492 e. The summed E-state index contributed by atoms with van der Waals surface area (Å²) in [7, 11) is 0. The fraction of sp³-hybridized carbons (Fsp3) is 0.588. The molecule has 6 heteroatoms. The van der Waals surface area contributed by atoms with Crippen LogP contribution in [0.4, 0.5) is 4.79 Å². The lowest BCUT2D eigenvalue weighted by molar-refractivity contribution is 0.178. The van der Waals surface area contributed by atoms with E-state index in [0.717, 1.165) is 18.7 Å². The first-order valence-corrected chi connectivity index (χ1v) is 8.77. The first-order valence-electron chi connectivity index (χ1n) is 8.39. The minimum absolute atomic E-state index is 0.0953. The highest BCUT2D eigenvalue weighted by molar-refractivity contribution is 6.30. The molecule has 2 atom stereocenters. The van der Waals surface area contributed by atoms with Crippen LogP contribution in [0.5, 0.6) is 5.75 Å². The predicted molar refractivity (Wildman–Crippen MR) is 91.1 cm³/mol. The van der Waals surface area contributed by atoms with Crippen molar-refractivity contribution in [2.75, 3.05) is 26.2 Å². The zero-order chi connectivity index (χ0) is 16.1. The van der Waals surface area contributed by atoms with Crippen LogP contribution in [0.15, 0.2) is 24.3 Å². The number of carbonyl (C=O) groups excluding carboxylic acids is 1. The van der Waals surface area contributed by atoms with Gasteiger partial charge in [-0.3, -0.25) is 4.90 Å². The van der Waals surface area contributed by atoms with E-state index in [2.05, 4.69) is 15.5 Å². The van der Waals surface area contributed by atoms with Crippen LogP contribution in [-0.4, -0.2) is 49.3 Å². The summed E-state index contributed by atoms with van der Waals surface area (Å²) in [6.07, 6.45) is 4.82. The molecular weight excluding hydrogens is 314 g/mol. The Morgan fingerprint density at radius 1 is 1.22 bits per heavy atom. The van der Waals surface area contributed by atoms with Gasteiger partial charge in [-0.1, -0.05) is 18.0 Å². The number of amides is 2. The van der Waals surface area contributed by atoms with Gasteiger partial charge in [0.05, 0.1) is 6.54 Å². The van der Waals surface area contributed by atoms with Gasteiger partial charge in [0.25, 0.3) is 0 Å². The number of benzene rings is 1. The molecule has 2 fully saturated rings. The molecule has 0 aliphatic carbocycles. The Labute approximate surface area is 142 Å². The van der Waals surface area contributed by atoms with E-state index in [1.54, 1.807) is 12.1 Å². The molecule has 2 aliphatic rings. The molecule has 0 spiro atoms. The molecule has 0 radical (unpaired) electrons. The van der Waals surface area contributed by atoms with Gasteiger partial charge in [-0.15, -0.1) is 0 Å². The van der Waals surface area contributed by atoms with Crippen molar-refractivity contribution in [2.45, 2.75) is 37.8 Å². The average Bonchev–Trinajstić information content (AvgIpc) is 2.96. The standard InChI is InChI=1S/C17H24ClN3O2/c18-13-4-6-14(7-5-13)23-12-9-19-17(22)20-15-8-11-21-10-2-1-3-16(15)21/h4-7,15-16H,1-3,8-12H2,(H2,19,20,22). The number of ether oxygens (including phenoxy) is 1. The monoisotopic (exact) mass is 337 g/mol. The molecule has 0 saturated carbocycles. The molecule has 1 aromatic rings. The third-order valence-electron chi connectivity index (χ3n) is 4.64. The predicted octanol–water partition coefficient (Wildman–Crippen LogP) is 2.64. The first kappa shape index (κ1) is 16.4. The molecule has 2 N–H and O–H groups in total. The van der Waals surface area contributed by atoms with Gasteiger partial charge in [-0.05, 0) is 50.1 Å². The van der Waals surface area contributed by atoms with Crippen LogP contribution in [0.2, 0.25) is 5.02 Å². The van der Waals surface area contributed by atoms with Crippen molar-refractivity contribution < 1.29 is 9.53 Å². The maximum Gasteiger partial charge on any atom is 0.315 e. The molecule has 3 rings (SSSR count). The maximum absolute atomic E-state index is 12.0. The van der Waals surface area contributed by atoms with E-state index in [-0.39, 0.29) is 12.1 Å². The number of hydrogen-bond donors (Lipinski definition) is 2. The van der Waals surface area contributed by atoms with Crippen LogP contribution in [0.25, 0.3) is 0 Å². The van der Waals surface area contributed by atoms with Crippen LogP contribution in [-0.2, 0) is 0 Å². The lowest BCUT2D eigenvalue weighted by Gasteiger charge is -2.32. The third-order valence-corrected chi connectivity index (χ3v) is 4.89. The highest BCUT2D eigenvalue weighted by atomic mass is 35.5.